The molecular formula is C12H13BrN4O. The second kappa shape index (κ2) is 5.77. The average molecular weight is 309 g/mol. The third-order valence-corrected chi connectivity index (χ3v) is 2.95. The molecule has 2 heterocycles. The topological polar surface area (TPSA) is 70.7 Å². The van der Waals surface area contributed by atoms with Crippen molar-refractivity contribution in [3.8, 4) is 0 Å². The van der Waals surface area contributed by atoms with Gasteiger partial charge in [0, 0.05) is 12.4 Å². The van der Waals surface area contributed by atoms with Gasteiger partial charge in [-0.05, 0) is 34.5 Å². The molecule has 1 unspecified atom stereocenters. The molecule has 0 aromatic carbocycles. The maximum absolute atomic E-state index is 12.0. The van der Waals surface area contributed by atoms with Gasteiger partial charge in [0.2, 0.25) is 0 Å². The van der Waals surface area contributed by atoms with Gasteiger partial charge in [0.1, 0.15) is 16.1 Å². The SMILES string of the molecule is CCC(NC(=O)c1cccc(Br)n1)c1ncc[nH]1. The van der Waals surface area contributed by atoms with E-state index in [1.165, 1.54) is 0 Å². The van der Waals surface area contributed by atoms with E-state index in [-0.39, 0.29) is 11.9 Å². The zero-order valence-electron chi connectivity index (χ0n) is 9.85. The van der Waals surface area contributed by atoms with Crippen molar-refractivity contribution in [3.63, 3.8) is 0 Å². The third-order valence-electron chi connectivity index (χ3n) is 2.51. The van der Waals surface area contributed by atoms with Crippen LogP contribution in [0.2, 0.25) is 0 Å². The number of H-pyrrole nitrogens is 1. The number of carbonyl (C=O) groups excluding carboxylic acids is 1. The molecule has 2 N–H and O–H groups in total. The summed E-state index contributed by atoms with van der Waals surface area (Å²) >= 11 is 3.24. The van der Waals surface area contributed by atoms with E-state index in [0.29, 0.717) is 10.3 Å². The third kappa shape index (κ3) is 2.95. The van der Waals surface area contributed by atoms with Crippen LogP contribution in [0.25, 0.3) is 0 Å². The molecule has 2 aromatic rings. The van der Waals surface area contributed by atoms with Crippen molar-refractivity contribution < 1.29 is 4.79 Å². The maximum Gasteiger partial charge on any atom is 0.270 e. The van der Waals surface area contributed by atoms with Crippen molar-refractivity contribution in [2.24, 2.45) is 0 Å². The Bertz CT molecular complexity index is 527. The minimum Gasteiger partial charge on any atom is -0.347 e. The molecule has 0 bridgehead atoms. The molecule has 18 heavy (non-hydrogen) atoms. The highest BCUT2D eigenvalue weighted by Gasteiger charge is 2.16. The van der Waals surface area contributed by atoms with Crippen LogP contribution >= 0.6 is 15.9 Å². The van der Waals surface area contributed by atoms with Crippen LogP contribution in [0.4, 0.5) is 0 Å². The van der Waals surface area contributed by atoms with E-state index in [0.717, 1.165) is 12.2 Å². The Morgan fingerprint density at radius 2 is 2.39 bits per heavy atom. The molecule has 0 saturated heterocycles. The number of nitrogens with one attached hydrogen (secondary N) is 2. The fraction of sp³-hybridized carbons (Fsp3) is 0.250. The fourth-order valence-corrected chi connectivity index (χ4v) is 1.94. The van der Waals surface area contributed by atoms with E-state index in [4.69, 9.17) is 0 Å². The van der Waals surface area contributed by atoms with Crippen LogP contribution < -0.4 is 5.32 Å². The predicted octanol–water partition coefficient (Wildman–Crippen LogP) is 2.45. The lowest BCUT2D eigenvalue weighted by atomic mass is 10.2. The largest absolute Gasteiger partial charge is 0.347 e. The normalized spacial score (nSPS) is 12.1. The summed E-state index contributed by atoms with van der Waals surface area (Å²) in [6.07, 6.45) is 4.16. The first-order valence-corrected chi connectivity index (χ1v) is 6.42. The number of hydrogen-bond acceptors (Lipinski definition) is 3. The van der Waals surface area contributed by atoms with Crippen LogP contribution in [-0.4, -0.2) is 20.9 Å². The van der Waals surface area contributed by atoms with Gasteiger partial charge in [0.15, 0.2) is 0 Å². The number of amides is 1. The Morgan fingerprint density at radius 3 is 3.00 bits per heavy atom. The molecular weight excluding hydrogens is 296 g/mol. The molecule has 1 amide bonds. The molecule has 0 aliphatic rings. The van der Waals surface area contributed by atoms with E-state index < -0.39 is 0 Å². The van der Waals surface area contributed by atoms with Gasteiger partial charge in [-0.25, -0.2) is 9.97 Å². The average Bonchev–Trinajstić information content (AvgIpc) is 2.89. The van der Waals surface area contributed by atoms with Crippen LogP contribution in [0.5, 0.6) is 0 Å². The molecule has 2 aromatic heterocycles. The molecule has 1 atom stereocenters. The van der Waals surface area contributed by atoms with Gasteiger partial charge in [-0.2, -0.15) is 0 Å². The van der Waals surface area contributed by atoms with Crippen molar-refractivity contribution in [2.75, 3.05) is 0 Å². The Labute approximate surface area is 113 Å². The van der Waals surface area contributed by atoms with E-state index in [2.05, 4.69) is 36.2 Å². The van der Waals surface area contributed by atoms with Crippen molar-refractivity contribution >= 4 is 21.8 Å². The van der Waals surface area contributed by atoms with E-state index in [1.807, 2.05) is 6.92 Å². The van der Waals surface area contributed by atoms with Crippen molar-refractivity contribution in [1.29, 1.82) is 0 Å². The number of imidazole rings is 1. The van der Waals surface area contributed by atoms with Gasteiger partial charge in [-0.3, -0.25) is 4.79 Å². The molecule has 0 aliphatic heterocycles. The van der Waals surface area contributed by atoms with Crippen LogP contribution in [0.1, 0.15) is 35.7 Å². The Balaban J connectivity index is 2.11. The van der Waals surface area contributed by atoms with Crippen LogP contribution in [-0.2, 0) is 0 Å². The highest BCUT2D eigenvalue weighted by atomic mass is 79.9. The van der Waals surface area contributed by atoms with Gasteiger partial charge in [-0.15, -0.1) is 0 Å². The van der Waals surface area contributed by atoms with Gasteiger partial charge in [-0.1, -0.05) is 13.0 Å². The van der Waals surface area contributed by atoms with Gasteiger partial charge < -0.3 is 10.3 Å². The molecule has 0 radical (unpaired) electrons. The first-order chi connectivity index (χ1) is 8.70. The van der Waals surface area contributed by atoms with Crippen LogP contribution in [0, 0.1) is 0 Å². The number of aromatic nitrogens is 3. The number of rotatable bonds is 4. The van der Waals surface area contributed by atoms with Crippen molar-refractivity contribution in [3.05, 3.63) is 46.7 Å². The zero-order valence-corrected chi connectivity index (χ0v) is 11.4. The smallest absolute Gasteiger partial charge is 0.270 e. The van der Waals surface area contributed by atoms with Gasteiger partial charge >= 0.3 is 0 Å². The van der Waals surface area contributed by atoms with E-state index in [9.17, 15) is 4.79 Å². The second-order valence-corrected chi connectivity index (χ2v) is 4.57. The fourth-order valence-electron chi connectivity index (χ4n) is 1.60. The standard InChI is InChI=1S/C12H13BrN4O/c1-2-8(11-14-6-7-15-11)17-12(18)9-4-3-5-10(13)16-9/h3-8H,2H2,1H3,(H,14,15)(H,17,18). The summed E-state index contributed by atoms with van der Waals surface area (Å²) in [7, 11) is 0. The summed E-state index contributed by atoms with van der Waals surface area (Å²) in [6, 6.07) is 5.10. The molecule has 0 spiro atoms. The molecule has 2 rings (SSSR count). The van der Waals surface area contributed by atoms with Gasteiger partial charge in [0.05, 0.1) is 6.04 Å². The minimum atomic E-state index is -0.209. The lowest BCUT2D eigenvalue weighted by Gasteiger charge is -2.14. The highest BCUT2D eigenvalue weighted by Crippen LogP contribution is 2.13. The van der Waals surface area contributed by atoms with Crippen molar-refractivity contribution in [1.82, 2.24) is 20.3 Å². The summed E-state index contributed by atoms with van der Waals surface area (Å²) in [5.41, 5.74) is 0.384. The molecule has 0 saturated carbocycles. The summed E-state index contributed by atoms with van der Waals surface area (Å²) in [5.74, 6) is 0.542. The quantitative estimate of drug-likeness (QED) is 0.852. The van der Waals surface area contributed by atoms with Crippen LogP contribution in [0.3, 0.4) is 0 Å². The number of halogens is 1. The molecule has 6 heteroatoms. The summed E-state index contributed by atoms with van der Waals surface area (Å²) in [4.78, 5) is 23.3. The van der Waals surface area contributed by atoms with E-state index >= 15 is 0 Å². The maximum atomic E-state index is 12.0. The number of carbonyl (C=O) groups is 1. The first-order valence-electron chi connectivity index (χ1n) is 5.63. The van der Waals surface area contributed by atoms with E-state index in [1.54, 1.807) is 30.6 Å². The summed E-state index contributed by atoms with van der Waals surface area (Å²) < 4.78 is 0.640. The molecule has 5 nitrogen and oxygen atoms in total. The summed E-state index contributed by atoms with van der Waals surface area (Å²) in [6.45, 7) is 1.99. The Kier molecular flexibility index (Phi) is 4.09. The minimum absolute atomic E-state index is 0.131. The number of aromatic amines is 1. The summed E-state index contributed by atoms with van der Waals surface area (Å²) in [5, 5.41) is 2.90. The highest BCUT2D eigenvalue weighted by molar-refractivity contribution is 9.10. The number of hydrogen-bond donors (Lipinski definition) is 2. The van der Waals surface area contributed by atoms with Gasteiger partial charge in [0.25, 0.3) is 5.91 Å². The first kappa shape index (κ1) is 12.8. The molecule has 0 fully saturated rings. The zero-order chi connectivity index (χ0) is 13.0. The van der Waals surface area contributed by atoms with Crippen molar-refractivity contribution in [2.45, 2.75) is 19.4 Å². The molecule has 0 aliphatic carbocycles. The predicted molar refractivity (Wildman–Crippen MR) is 71.0 cm³/mol. The Hall–Kier alpha value is -1.69. The molecule has 94 valence electrons. The Morgan fingerprint density at radius 1 is 1.56 bits per heavy atom. The lowest BCUT2D eigenvalue weighted by Crippen LogP contribution is -2.29. The number of nitrogens with zero attached hydrogens (tertiary/aromatic N) is 2. The monoisotopic (exact) mass is 308 g/mol. The van der Waals surface area contributed by atoms with Crippen LogP contribution in [0.15, 0.2) is 35.2 Å². The number of pyridine rings is 1. The lowest BCUT2D eigenvalue weighted by molar-refractivity contribution is 0.0928. The second-order valence-electron chi connectivity index (χ2n) is 3.75.